The predicted octanol–water partition coefficient (Wildman–Crippen LogP) is -6.93. The van der Waals surface area contributed by atoms with Crippen LogP contribution in [0, 0.1) is 0 Å². The number of aliphatic carboxylic acids is 2. The second-order valence-corrected chi connectivity index (χ2v) is 10.4. The Morgan fingerprint density at radius 3 is 1.83 bits per heavy atom. The average Bonchev–Trinajstić information content (AvgIpc) is 3.28. The van der Waals surface area contributed by atoms with Gasteiger partial charge < -0.3 is 44.1 Å². The van der Waals surface area contributed by atoms with Crippen molar-refractivity contribution in [2.45, 2.75) is 37.8 Å². The van der Waals surface area contributed by atoms with Crippen LogP contribution in [0.4, 0.5) is 4.79 Å². The summed E-state index contributed by atoms with van der Waals surface area (Å²) in [6.45, 7) is 4.12. The zero-order valence-electron chi connectivity index (χ0n) is 24.4. The van der Waals surface area contributed by atoms with Crippen LogP contribution in [-0.4, -0.2) is 59.0 Å². The van der Waals surface area contributed by atoms with Gasteiger partial charge >= 0.3 is 101 Å². The normalized spacial score (nSPS) is 15.6. The molecule has 1 saturated heterocycles. The molecule has 0 spiro atoms. The molecule has 2 unspecified atom stereocenters. The summed E-state index contributed by atoms with van der Waals surface area (Å²) in [6.07, 6.45) is 4.77. The van der Waals surface area contributed by atoms with Gasteiger partial charge in [0.15, 0.2) is 0 Å². The van der Waals surface area contributed by atoms with Gasteiger partial charge in [-0.1, -0.05) is 54.1 Å². The van der Waals surface area contributed by atoms with Crippen LogP contribution in [0.1, 0.15) is 37.3 Å². The Morgan fingerprint density at radius 1 is 1.00 bits per heavy atom. The molecule has 1 fully saturated rings. The van der Waals surface area contributed by atoms with E-state index in [0.717, 1.165) is 23.6 Å². The van der Waals surface area contributed by atoms with E-state index in [9.17, 15) is 9.59 Å². The molecule has 2 aromatic rings. The van der Waals surface area contributed by atoms with Crippen molar-refractivity contribution < 1.29 is 137 Å². The summed E-state index contributed by atoms with van der Waals surface area (Å²) in [5, 5.41) is 25.4. The minimum absolute atomic E-state index is 0. The summed E-state index contributed by atoms with van der Waals surface area (Å²) in [5.41, 5.74) is -0.708. The molecule has 0 radical (unpaired) electrons. The monoisotopic (exact) mass is 651 g/mol. The first-order valence-electron chi connectivity index (χ1n) is 11.7. The Bertz CT molecular complexity index is 1150. The van der Waals surface area contributed by atoms with Gasteiger partial charge in [-0.15, -0.1) is 0 Å². The van der Waals surface area contributed by atoms with Crippen LogP contribution >= 0.6 is 19.2 Å². The van der Waals surface area contributed by atoms with Gasteiger partial charge in [-0.25, -0.2) is 9.59 Å². The number of carbonyl (C=O) groups is 3. The zero-order chi connectivity index (χ0) is 29.6. The summed E-state index contributed by atoms with van der Waals surface area (Å²) in [5.74, 6) is -2.51. The molecule has 3 rings (SSSR count). The quantitative estimate of drug-likeness (QED) is 0.149. The molecular formula is C26H30ClNNa3O10P. The fourth-order valence-electron chi connectivity index (χ4n) is 3.74. The molecule has 2 atom stereocenters. The van der Waals surface area contributed by atoms with Crippen LogP contribution in [0.25, 0.3) is 0 Å². The maximum atomic E-state index is 9.55. The van der Waals surface area contributed by atoms with Gasteiger partial charge in [0.2, 0.25) is 0 Å². The topological polar surface area (TPSA) is 190 Å². The summed E-state index contributed by atoms with van der Waals surface area (Å²) in [7, 11) is -3.22. The standard InChI is InChI=1S/C21H26ClNO.C4H4O4.CH3O5P.3Na/c1-21(17-7-4-3-5-8-17,18-10-12-19(22)13-11-18)24-16-14-20-9-6-15-23(20)2;5-3(6)1-2-4(7)8;2-1(3)7(4,5)6;;;/h3-5,7-8,10-13,20H,6,9,14-16H2,1-2H3;1-2H,(H,5,6)(H,7,8);(H,2,3)(H2,4,5,6);;;/q;;;3*+1/p-3. The van der Waals surface area contributed by atoms with E-state index in [1.807, 2.05) is 18.2 Å². The van der Waals surface area contributed by atoms with Crippen LogP contribution in [-0.2, 0) is 24.5 Å². The molecule has 0 bridgehead atoms. The van der Waals surface area contributed by atoms with Crippen molar-refractivity contribution in [3.05, 3.63) is 82.9 Å². The molecule has 11 nitrogen and oxygen atoms in total. The van der Waals surface area contributed by atoms with Crippen LogP contribution in [0.3, 0.4) is 0 Å². The number of nitrogens with zero attached hydrogens (tertiary/aromatic N) is 1. The molecule has 1 aliphatic rings. The van der Waals surface area contributed by atoms with Crippen molar-refractivity contribution in [3.8, 4) is 0 Å². The van der Waals surface area contributed by atoms with E-state index in [0.29, 0.717) is 18.2 Å². The van der Waals surface area contributed by atoms with E-state index >= 15 is 0 Å². The van der Waals surface area contributed by atoms with Crippen LogP contribution in [0.5, 0.6) is 0 Å². The number of likely N-dealkylation sites (tertiary alicyclic amines) is 1. The summed E-state index contributed by atoms with van der Waals surface area (Å²) >= 11 is 6.07. The fourth-order valence-corrected chi connectivity index (χ4v) is 3.87. The van der Waals surface area contributed by atoms with Crippen molar-refractivity contribution in [1.29, 1.82) is 0 Å². The average molecular weight is 652 g/mol. The molecule has 1 aliphatic heterocycles. The van der Waals surface area contributed by atoms with E-state index in [1.165, 1.54) is 24.9 Å². The first-order chi connectivity index (χ1) is 18.2. The van der Waals surface area contributed by atoms with Crippen molar-refractivity contribution in [2.75, 3.05) is 20.2 Å². The molecule has 0 aromatic heterocycles. The first kappa shape index (κ1) is 46.4. The molecule has 0 aliphatic carbocycles. The maximum absolute atomic E-state index is 9.55. The Morgan fingerprint density at radius 2 is 1.45 bits per heavy atom. The molecule has 42 heavy (non-hydrogen) atoms. The number of carboxylic acid groups (broad SMARTS) is 3. The number of ether oxygens (including phenoxy) is 1. The van der Waals surface area contributed by atoms with Gasteiger partial charge in [0, 0.05) is 29.8 Å². The molecule has 16 heteroatoms. The fraction of sp³-hybridized carbons (Fsp3) is 0.346. The van der Waals surface area contributed by atoms with Crippen LogP contribution in [0.15, 0.2) is 66.7 Å². The smallest absolute Gasteiger partial charge is 0.807 e. The number of rotatable bonds is 9. The number of carbonyl (C=O) groups excluding carboxylic acids is 1. The number of benzene rings is 2. The summed E-state index contributed by atoms with van der Waals surface area (Å²) in [6, 6.07) is 19.1. The van der Waals surface area contributed by atoms with Crippen molar-refractivity contribution in [3.63, 3.8) is 0 Å². The van der Waals surface area contributed by atoms with Crippen molar-refractivity contribution in [1.82, 2.24) is 4.90 Å². The zero-order valence-corrected chi connectivity index (χ0v) is 32.0. The third-order valence-corrected chi connectivity index (χ3v) is 6.52. The number of hydrogen-bond donors (Lipinski definition) is 2. The molecule has 1 heterocycles. The van der Waals surface area contributed by atoms with Gasteiger partial charge in [-0.05, 0) is 70.6 Å². The summed E-state index contributed by atoms with van der Waals surface area (Å²) < 4.78 is 15.6. The number of carboxylic acids is 2. The van der Waals surface area contributed by atoms with E-state index in [1.54, 1.807) is 0 Å². The Labute approximate surface area is 316 Å². The number of hydrogen-bond acceptors (Lipinski definition) is 9. The van der Waals surface area contributed by atoms with Crippen LogP contribution in [0.2, 0.25) is 5.02 Å². The molecule has 214 valence electrons. The SMILES string of the molecule is CN1CCCC1CCOC(C)(c1ccccc1)c1ccc(Cl)cc1.O=C(O)C=CC(=O)O.O=C([O-])P(=O)([O-])[O-].[Na+].[Na+].[Na+]. The van der Waals surface area contributed by atoms with Gasteiger partial charge in [-0.2, -0.15) is 0 Å². The predicted molar refractivity (Wildman–Crippen MR) is 138 cm³/mol. The van der Waals surface area contributed by atoms with E-state index < -0.39 is 30.8 Å². The molecular weight excluding hydrogens is 622 g/mol. The van der Waals surface area contributed by atoms with E-state index in [-0.39, 0.29) is 88.7 Å². The van der Waals surface area contributed by atoms with Gasteiger partial charge in [0.05, 0.1) is 5.71 Å². The van der Waals surface area contributed by atoms with Crippen LogP contribution < -0.4 is 104 Å². The Balaban J connectivity index is -0.000000710. The molecule has 0 amide bonds. The van der Waals surface area contributed by atoms with E-state index in [2.05, 4.69) is 55.3 Å². The van der Waals surface area contributed by atoms with Gasteiger partial charge in [-0.3, -0.25) is 0 Å². The Kier molecular flexibility index (Phi) is 25.7. The second-order valence-electron chi connectivity index (χ2n) is 8.59. The van der Waals surface area contributed by atoms with E-state index in [4.69, 9.17) is 50.8 Å². The molecule has 0 saturated carbocycles. The molecule has 2 N–H and O–H groups in total. The minimum Gasteiger partial charge on any atom is -0.807 e. The van der Waals surface area contributed by atoms with Gasteiger partial charge in [0.25, 0.3) is 0 Å². The minimum atomic E-state index is -5.43. The molecule has 2 aromatic carbocycles. The maximum Gasteiger partial charge on any atom is 1.00 e. The third-order valence-electron chi connectivity index (χ3n) is 5.83. The van der Waals surface area contributed by atoms with Gasteiger partial charge in [0.1, 0.15) is 5.60 Å². The summed E-state index contributed by atoms with van der Waals surface area (Å²) in [4.78, 5) is 48.9. The Hall–Kier alpha value is -0.0500. The van der Waals surface area contributed by atoms with Crippen molar-refractivity contribution in [2.24, 2.45) is 0 Å². The third kappa shape index (κ3) is 18.0. The second kappa shape index (κ2) is 23.3. The van der Waals surface area contributed by atoms with Crippen molar-refractivity contribution >= 4 is 36.8 Å². The largest absolute Gasteiger partial charge is 1.00 e. The number of halogens is 1. The first-order valence-corrected chi connectivity index (χ1v) is 13.6.